The first-order chi connectivity index (χ1) is 13.0. The van der Waals surface area contributed by atoms with Gasteiger partial charge >= 0.3 is 0 Å². The molecule has 0 saturated carbocycles. The van der Waals surface area contributed by atoms with Crippen LogP contribution in [0, 0.1) is 11.3 Å². The fraction of sp³-hybridized carbons (Fsp3) is 0.350. The first kappa shape index (κ1) is 20.0. The summed E-state index contributed by atoms with van der Waals surface area (Å²) in [5, 5.41) is 13.9. The van der Waals surface area contributed by atoms with E-state index < -0.39 is 0 Å². The van der Waals surface area contributed by atoms with Crippen molar-refractivity contribution >= 4 is 46.6 Å². The minimum Gasteiger partial charge on any atom is -0.326 e. The van der Waals surface area contributed by atoms with Gasteiger partial charge in [0.15, 0.2) is 0 Å². The lowest BCUT2D eigenvalue weighted by Crippen LogP contribution is -2.12. The molecule has 3 rings (SSSR count). The van der Waals surface area contributed by atoms with Crippen molar-refractivity contribution in [2.75, 3.05) is 11.1 Å². The number of aromatic nitrogens is 1. The lowest BCUT2D eigenvalue weighted by molar-refractivity contribution is -0.115. The average Bonchev–Trinajstić information content (AvgIpc) is 2.84. The van der Waals surface area contributed by atoms with Crippen LogP contribution in [0.5, 0.6) is 0 Å². The molecule has 0 atom stereocenters. The molecule has 2 aromatic rings. The Labute approximate surface area is 173 Å². The molecule has 0 fully saturated rings. The maximum Gasteiger partial charge on any atom is 0.225 e. The minimum absolute atomic E-state index is 0.130. The van der Waals surface area contributed by atoms with Crippen LogP contribution in [0.15, 0.2) is 29.3 Å². The van der Waals surface area contributed by atoms with Gasteiger partial charge in [-0.3, -0.25) is 4.79 Å². The van der Waals surface area contributed by atoms with Crippen molar-refractivity contribution in [3.05, 3.63) is 51.1 Å². The summed E-state index contributed by atoms with van der Waals surface area (Å²) < 4.78 is 0. The second kappa shape index (κ2) is 9.45. The molecule has 0 radical (unpaired) electrons. The van der Waals surface area contributed by atoms with Crippen molar-refractivity contribution in [1.29, 1.82) is 5.26 Å². The van der Waals surface area contributed by atoms with Gasteiger partial charge in [0.25, 0.3) is 0 Å². The monoisotopic (exact) mass is 419 g/mol. The Hall–Kier alpha value is -1.74. The Kier molecular flexibility index (Phi) is 7.01. The van der Waals surface area contributed by atoms with Crippen molar-refractivity contribution in [2.24, 2.45) is 0 Å². The molecule has 1 aromatic heterocycles. The third kappa shape index (κ3) is 5.62. The van der Waals surface area contributed by atoms with Crippen molar-refractivity contribution in [3.63, 3.8) is 0 Å². The van der Waals surface area contributed by atoms with E-state index >= 15 is 0 Å². The van der Waals surface area contributed by atoms with Crippen molar-refractivity contribution in [3.8, 4) is 6.07 Å². The predicted octanol–water partition coefficient (Wildman–Crippen LogP) is 5.65. The third-order valence-electron chi connectivity index (χ3n) is 4.35. The SMILES string of the molecule is N#Cc1cc2c(nc1SCCC(=O)Nc1cc(Cl)cc(Cl)c1)CCCCC2. The number of aryl methyl sites for hydroxylation is 2. The molecular formula is C20H19Cl2N3OS. The first-order valence-electron chi connectivity index (χ1n) is 8.87. The van der Waals surface area contributed by atoms with Gasteiger partial charge < -0.3 is 5.32 Å². The maximum absolute atomic E-state index is 12.2. The second-order valence-corrected chi connectivity index (χ2v) is 8.38. The Morgan fingerprint density at radius 2 is 1.89 bits per heavy atom. The second-order valence-electron chi connectivity index (χ2n) is 6.42. The molecule has 0 saturated heterocycles. The van der Waals surface area contributed by atoms with E-state index in [1.165, 1.54) is 23.7 Å². The summed E-state index contributed by atoms with van der Waals surface area (Å²) in [7, 11) is 0. The Morgan fingerprint density at radius 1 is 1.15 bits per heavy atom. The highest BCUT2D eigenvalue weighted by atomic mass is 35.5. The van der Waals surface area contributed by atoms with E-state index in [1.54, 1.807) is 18.2 Å². The lowest BCUT2D eigenvalue weighted by atomic mass is 10.1. The smallest absolute Gasteiger partial charge is 0.225 e. The number of benzene rings is 1. The van der Waals surface area contributed by atoms with E-state index in [9.17, 15) is 10.1 Å². The van der Waals surface area contributed by atoms with Crippen LogP contribution in [0.1, 0.15) is 42.5 Å². The zero-order chi connectivity index (χ0) is 19.2. The van der Waals surface area contributed by atoms with Gasteiger partial charge in [-0.2, -0.15) is 5.26 Å². The first-order valence-corrected chi connectivity index (χ1v) is 10.6. The highest BCUT2D eigenvalue weighted by Gasteiger charge is 2.15. The molecule has 4 nitrogen and oxygen atoms in total. The lowest BCUT2D eigenvalue weighted by Gasteiger charge is -2.10. The van der Waals surface area contributed by atoms with Crippen molar-refractivity contribution in [1.82, 2.24) is 4.98 Å². The van der Waals surface area contributed by atoms with Crippen LogP contribution in [0.2, 0.25) is 10.0 Å². The number of nitriles is 1. The van der Waals surface area contributed by atoms with Crippen LogP contribution in [-0.4, -0.2) is 16.6 Å². The Balaban J connectivity index is 1.60. The summed E-state index contributed by atoms with van der Waals surface area (Å²) in [5.74, 6) is 0.412. The fourth-order valence-corrected chi connectivity index (χ4v) is 4.51. The number of pyridine rings is 1. The van der Waals surface area contributed by atoms with Gasteiger partial charge in [-0.15, -0.1) is 11.8 Å². The predicted molar refractivity (Wildman–Crippen MR) is 111 cm³/mol. The zero-order valence-electron chi connectivity index (χ0n) is 14.7. The molecule has 1 aromatic carbocycles. The van der Waals surface area contributed by atoms with Crippen molar-refractivity contribution < 1.29 is 4.79 Å². The quantitative estimate of drug-likeness (QED) is 0.502. The van der Waals surface area contributed by atoms with E-state index in [-0.39, 0.29) is 5.91 Å². The summed E-state index contributed by atoms with van der Waals surface area (Å²) in [6.07, 6.45) is 5.75. The largest absolute Gasteiger partial charge is 0.326 e. The average molecular weight is 420 g/mol. The van der Waals surface area contributed by atoms with Gasteiger partial charge in [-0.25, -0.2) is 4.98 Å². The molecule has 1 aliphatic rings. The van der Waals surface area contributed by atoms with E-state index in [1.807, 2.05) is 6.07 Å². The van der Waals surface area contributed by atoms with Crippen molar-refractivity contribution in [2.45, 2.75) is 43.6 Å². The van der Waals surface area contributed by atoms with Gasteiger partial charge in [-0.05, 0) is 55.5 Å². The van der Waals surface area contributed by atoms with E-state index in [2.05, 4.69) is 11.4 Å². The van der Waals surface area contributed by atoms with E-state index in [0.717, 1.165) is 36.4 Å². The minimum atomic E-state index is -0.130. The Bertz CT molecular complexity index is 875. The summed E-state index contributed by atoms with van der Waals surface area (Å²) in [6.45, 7) is 0. The van der Waals surface area contributed by atoms with Crippen LogP contribution < -0.4 is 5.32 Å². The van der Waals surface area contributed by atoms with Gasteiger partial charge in [0.1, 0.15) is 11.1 Å². The molecule has 1 aliphatic carbocycles. The molecule has 1 N–H and O–H groups in total. The molecule has 0 unspecified atom stereocenters. The number of nitrogens with one attached hydrogen (secondary N) is 1. The molecule has 0 aliphatic heterocycles. The zero-order valence-corrected chi connectivity index (χ0v) is 17.1. The maximum atomic E-state index is 12.2. The number of carbonyl (C=O) groups is 1. The number of hydrogen-bond acceptors (Lipinski definition) is 4. The van der Waals surface area contributed by atoms with E-state index in [4.69, 9.17) is 28.2 Å². The molecule has 0 bridgehead atoms. The number of fused-ring (bicyclic) bond motifs is 1. The number of hydrogen-bond donors (Lipinski definition) is 1. The van der Waals surface area contributed by atoms with Crippen LogP contribution in [0.25, 0.3) is 0 Å². The fourth-order valence-electron chi connectivity index (χ4n) is 3.07. The molecule has 1 amide bonds. The summed E-state index contributed by atoms with van der Waals surface area (Å²) in [4.78, 5) is 16.9. The highest BCUT2D eigenvalue weighted by Crippen LogP contribution is 2.27. The number of nitrogens with zero attached hydrogens (tertiary/aromatic N) is 2. The number of amides is 1. The number of thioether (sulfide) groups is 1. The van der Waals surface area contributed by atoms with Crippen LogP contribution in [0.4, 0.5) is 5.69 Å². The number of halogens is 2. The molecule has 1 heterocycles. The number of rotatable bonds is 5. The summed E-state index contributed by atoms with van der Waals surface area (Å²) in [6, 6.07) is 9.14. The summed E-state index contributed by atoms with van der Waals surface area (Å²) in [5.41, 5.74) is 3.47. The van der Waals surface area contributed by atoms with Gasteiger partial charge in [0.2, 0.25) is 5.91 Å². The molecule has 27 heavy (non-hydrogen) atoms. The van der Waals surface area contributed by atoms with Gasteiger partial charge in [0.05, 0.1) is 5.56 Å². The molecular weight excluding hydrogens is 401 g/mol. The highest BCUT2D eigenvalue weighted by molar-refractivity contribution is 7.99. The third-order valence-corrected chi connectivity index (χ3v) is 5.78. The number of anilines is 1. The topological polar surface area (TPSA) is 65.8 Å². The standard InChI is InChI=1S/C20H19Cl2N3OS/c21-15-9-16(22)11-17(10-15)24-19(26)6-7-27-20-14(12-23)8-13-4-2-1-3-5-18(13)25-20/h8-11H,1-7H2,(H,24,26). The molecule has 7 heteroatoms. The van der Waals surface area contributed by atoms with E-state index in [0.29, 0.717) is 33.5 Å². The number of carbonyl (C=O) groups excluding carboxylic acids is 1. The van der Waals surface area contributed by atoms with Crippen LogP contribution in [0.3, 0.4) is 0 Å². The summed E-state index contributed by atoms with van der Waals surface area (Å²) >= 11 is 13.3. The van der Waals surface area contributed by atoms with Gasteiger partial charge in [-0.1, -0.05) is 29.6 Å². The van der Waals surface area contributed by atoms with Gasteiger partial charge in [0, 0.05) is 33.6 Å². The molecule has 140 valence electrons. The van der Waals surface area contributed by atoms with Crippen LogP contribution >= 0.6 is 35.0 Å². The van der Waals surface area contributed by atoms with Crippen LogP contribution in [-0.2, 0) is 17.6 Å². The molecule has 0 spiro atoms. The Morgan fingerprint density at radius 3 is 2.63 bits per heavy atom. The normalized spacial score (nSPS) is 13.4.